The third-order valence-corrected chi connectivity index (χ3v) is 26.1. The zero-order chi connectivity index (χ0) is 89.7. The molecular weight excluding hydrogens is 1850 g/mol. The number of aromatic nitrogens is 5. The maximum Gasteiger partial charge on any atom is 0.410 e. The van der Waals surface area contributed by atoms with Crippen molar-refractivity contribution in [1.29, 1.82) is 0 Å². The molecule has 5 aliphatic rings. The number of fused-ring (bicyclic) bond motifs is 15. The number of benzene rings is 10. The normalized spacial score (nSPS) is 16.7. The summed E-state index contributed by atoms with van der Waals surface area (Å²) in [6.45, 7) is 13.1. The number of hydrogen-bond acceptors (Lipinski definition) is 9. The van der Waals surface area contributed by atoms with Crippen molar-refractivity contribution in [3.05, 3.63) is 348 Å². The summed E-state index contributed by atoms with van der Waals surface area (Å²) in [6.07, 6.45) is 3.90. The number of carbonyl (C=O) groups excluding carboxylic acids is 5. The first-order valence-corrected chi connectivity index (χ1v) is 46.2. The molecule has 20 rings (SSSR count). The smallest absolute Gasteiger partial charge is 0.410 e. The Hall–Kier alpha value is -11.2. The Kier molecular flexibility index (Phi) is 28.0. The number of H-pyrrole nitrogens is 5. The number of nitrogens with zero attached hydrogens (tertiary/aromatic N) is 5. The zero-order valence-corrected chi connectivity index (χ0v) is 78.1. The molecule has 128 heavy (non-hydrogen) atoms. The van der Waals surface area contributed by atoms with Crippen molar-refractivity contribution in [3.63, 3.8) is 0 Å². The van der Waals surface area contributed by atoms with Gasteiger partial charge in [-0.3, -0.25) is 24.4 Å². The van der Waals surface area contributed by atoms with Crippen molar-refractivity contribution >= 4 is 175 Å². The van der Waals surface area contributed by atoms with Gasteiger partial charge in [0.1, 0.15) is 30.0 Å². The number of halogens is 8. The Bertz CT molecular complexity index is 6640. The molecular formula is C101H94Br2Cl5FN10O9. The third kappa shape index (κ3) is 19.0. The summed E-state index contributed by atoms with van der Waals surface area (Å²) in [5.41, 5.74) is 20.8. The van der Waals surface area contributed by atoms with Gasteiger partial charge in [0.2, 0.25) is 5.91 Å². The predicted octanol–water partition coefficient (Wildman–Crippen LogP) is 26.5. The first-order chi connectivity index (χ1) is 61.9. The minimum Gasteiger partial charge on any atom is -0.453 e. The fourth-order valence-electron chi connectivity index (χ4n) is 18.4. The molecule has 10 aromatic carbocycles. The summed E-state index contributed by atoms with van der Waals surface area (Å²) in [5.74, 6) is -0.272. The summed E-state index contributed by atoms with van der Waals surface area (Å²) in [6, 6.07) is 70.7. The van der Waals surface area contributed by atoms with Crippen molar-refractivity contribution in [2.75, 3.05) is 53.0 Å². The lowest BCUT2D eigenvalue weighted by molar-refractivity contribution is -0.130. The van der Waals surface area contributed by atoms with Crippen LogP contribution in [0, 0.1) is 5.82 Å². The number of hydrogen-bond donors (Lipinski definition) is 5. The van der Waals surface area contributed by atoms with Crippen molar-refractivity contribution in [2.24, 2.45) is 0 Å². The van der Waals surface area contributed by atoms with Gasteiger partial charge in [-0.25, -0.2) is 23.6 Å². The van der Waals surface area contributed by atoms with E-state index in [-0.39, 0.29) is 60.3 Å². The highest BCUT2D eigenvalue weighted by molar-refractivity contribution is 9.10. The lowest BCUT2D eigenvalue weighted by Gasteiger charge is -2.36. The number of aromatic amines is 5. The van der Waals surface area contributed by atoms with Gasteiger partial charge in [-0.15, -0.1) is 0 Å². The monoisotopic (exact) mass is 1940 g/mol. The van der Waals surface area contributed by atoms with E-state index < -0.39 is 12.1 Å². The molecule has 5 aromatic heterocycles. The van der Waals surface area contributed by atoms with E-state index in [0.717, 1.165) is 163 Å². The number of amides is 5. The van der Waals surface area contributed by atoms with E-state index in [2.05, 4.69) is 81.0 Å². The standard InChI is InChI=1S/C21H20BrClN2O2.C21H20ClFN2O2.C21H21ClN2O2.C19H16BrClN2O.C19H17ClN2O2/c1-12(2)27-21(26)25-9-8-16-17-11-15(23)6-7-18(17)24-19(16)20(25)13-4-3-5-14(22)10-13;1-2-11-27-21(26)25-10-9-14-16-12-13(22)7-8-18(16)24-19(14)20(25)15-5-3-4-6-17(15)23;1-2-12-26-21(25)24-11-10-16-17-13-15(22)8-9-18(17)23-19(16)20(24)14-6-4-3-5-7-14;1-11(24)23-8-7-15-16-10-13(20)5-6-17(16)22-18(15)19(23)12-3-2-4-14(21)9-12;1-24-19(23)22-10-9-14-15-11-13(20)7-8-16(15)21-17(14)18(22)12-5-3-2-4-6-12/h3-7,10-12,20,24H,8-9H2,1-2H3;3-8,12,20,24H,2,9-11H2,1H3;3-9,13,20,23H,2,10-12H2,1H3;2-6,9-10,19,22H,7-8H2,1H3;2-8,11,18,21H,9-10H2,1H3. The van der Waals surface area contributed by atoms with Crippen LogP contribution in [0.1, 0.15) is 162 Å². The summed E-state index contributed by atoms with van der Waals surface area (Å²) in [7, 11) is 1.42. The zero-order valence-electron chi connectivity index (χ0n) is 71.2. The maximum atomic E-state index is 14.7. The maximum absolute atomic E-state index is 14.7. The van der Waals surface area contributed by atoms with Crippen LogP contribution in [-0.4, -0.2) is 139 Å². The molecule has 5 aliphatic heterocycles. The van der Waals surface area contributed by atoms with Crippen LogP contribution in [-0.2, 0) is 55.8 Å². The average Bonchev–Trinajstić information content (AvgIpc) is 1.60. The molecule has 5 N–H and O–H groups in total. The van der Waals surface area contributed by atoms with Crippen molar-refractivity contribution < 1.29 is 47.3 Å². The van der Waals surface area contributed by atoms with Crippen LogP contribution in [0.3, 0.4) is 0 Å². The van der Waals surface area contributed by atoms with Gasteiger partial charge in [-0.05, 0) is 230 Å². The van der Waals surface area contributed by atoms with E-state index in [1.165, 1.54) is 40.8 Å². The second-order valence-corrected chi connectivity index (χ2v) is 36.4. The Morgan fingerprint density at radius 1 is 0.375 bits per heavy atom. The van der Waals surface area contributed by atoms with E-state index in [9.17, 15) is 28.4 Å². The van der Waals surface area contributed by atoms with E-state index in [4.69, 9.17) is 77.0 Å². The summed E-state index contributed by atoms with van der Waals surface area (Å²) < 4.78 is 38.0. The Morgan fingerprint density at radius 3 is 1.10 bits per heavy atom. The van der Waals surface area contributed by atoms with Crippen molar-refractivity contribution in [2.45, 2.75) is 116 Å². The number of rotatable bonds is 10. The lowest BCUT2D eigenvalue weighted by Crippen LogP contribution is -2.41. The fourth-order valence-corrected chi connectivity index (χ4v) is 20.1. The third-order valence-electron chi connectivity index (χ3n) is 23.9. The van der Waals surface area contributed by atoms with E-state index >= 15 is 0 Å². The van der Waals surface area contributed by atoms with E-state index in [1.807, 2.05) is 213 Å². The molecule has 0 spiro atoms. The Labute approximate surface area is 782 Å². The average molecular weight is 1950 g/mol. The minimum absolute atomic E-state index is 0.0745. The van der Waals surface area contributed by atoms with Crippen LogP contribution in [0.4, 0.5) is 23.6 Å². The van der Waals surface area contributed by atoms with Crippen molar-refractivity contribution in [1.82, 2.24) is 49.4 Å². The number of nitrogens with one attached hydrogen (secondary N) is 5. The molecule has 0 saturated heterocycles. The van der Waals surface area contributed by atoms with E-state index in [0.29, 0.717) is 73.0 Å². The molecule has 5 unspecified atom stereocenters. The molecule has 0 radical (unpaired) electrons. The topological polar surface area (TPSA) is 217 Å². The molecule has 0 saturated carbocycles. The van der Waals surface area contributed by atoms with Crippen LogP contribution in [0.15, 0.2) is 233 Å². The van der Waals surface area contributed by atoms with Crippen molar-refractivity contribution in [3.8, 4) is 0 Å². The molecule has 5 amide bonds. The Balaban J connectivity index is 0.000000118. The Morgan fingerprint density at radius 2 is 0.703 bits per heavy atom. The molecule has 10 heterocycles. The van der Waals surface area contributed by atoms with Gasteiger partial charge < -0.3 is 48.8 Å². The highest BCUT2D eigenvalue weighted by Crippen LogP contribution is 2.47. The number of ether oxygens (including phenoxy) is 4. The number of carbonyl (C=O) groups is 5. The molecule has 5 atom stereocenters. The molecule has 0 aliphatic carbocycles. The minimum atomic E-state index is -0.564. The molecule has 19 nitrogen and oxygen atoms in total. The first-order valence-electron chi connectivity index (χ1n) is 42.8. The largest absolute Gasteiger partial charge is 0.453 e. The molecule has 658 valence electrons. The van der Waals surface area contributed by atoms with Gasteiger partial charge in [-0.2, -0.15) is 0 Å². The lowest BCUT2D eigenvalue weighted by atomic mass is 9.92. The van der Waals surface area contributed by atoms with Gasteiger partial charge in [0.25, 0.3) is 0 Å². The fraction of sp³-hybridized carbons (Fsp3) is 0.257. The summed E-state index contributed by atoms with van der Waals surface area (Å²) in [5, 5.41) is 9.10. The van der Waals surface area contributed by atoms with Crippen LogP contribution in [0.25, 0.3) is 54.5 Å². The molecule has 27 heteroatoms. The van der Waals surface area contributed by atoms with Crippen LogP contribution < -0.4 is 0 Å². The molecule has 0 fully saturated rings. The van der Waals surface area contributed by atoms with Crippen LogP contribution in [0.5, 0.6) is 0 Å². The summed E-state index contributed by atoms with van der Waals surface area (Å²) >= 11 is 38.1. The highest BCUT2D eigenvalue weighted by atomic mass is 79.9. The molecule has 15 aromatic rings. The number of methoxy groups -OCH3 is 1. The highest BCUT2D eigenvalue weighted by Gasteiger charge is 2.42. The van der Waals surface area contributed by atoms with Gasteiger partial charge in [-0.1, -0.05) is 207 Å². The quantitative estimate of drug-likeness (QED) is 0.0822. The van der Waals surface area contributed by atoms with E-state index in [1.54, 1.807) is 39.8 Å². The van der Waals surface area contributed by atoms with Gasteiger partial charge in [0.05, 0.1) is 32.5 Å². The summed E-state index contributed by atoms with van der Waals surface area (Å²) in [4.78, 5) is 89.1. The van der Waals surface area contributed by atoms with Gasteiger partial charge in [0, 0.05) is 162 Å². The second kappa shape index (κ2) is 39.8. The van der Waals surface area contributed by atoms with Gasteiger partial charge in [0.15, 0.2) is 0 Å². The SMILES string of the molecule is CC(=O)N1CCc2c([nH]c3ccc(Br)cc23)C1c1cccc(Cl)c1.CC(C)OC(=O)N1CCc2c([nH]c3ccc(Cl)cc23)C1c1cccc(Br)c1.CCCOC(=O)N1CCc2c([nH]c3ccc(Cl)cc23)C1c1ccccc1.CCCOC(=O)N1CCc2c([nH]c3ccc(Cl)cc23)C1c1ccccc1F.COC(=O)N1CCc2c([nH]c3ccc(Cl)cc23)C1c1ccccc1. The first kappa shape index (κ1) is 90.2. The molecule has 0 bridgehead atoms. The predicted molar refractivity (Wildman–Crippen MR) is 513 cm³/mol. The van der Waals surface area contributed by atoms with Crippen LogP contribution in [0.2, 0.25) is 25.1 Å². The second-order valence-electron chi connectivity index (χ2n) is 32.4. The van der Waals surface area contributed by atoms with Gasteiger partial charge >= 0.3 is 24.4 Å². The van der Waals surface area contributed by atoms with Crippen LogP contribution >= 0.6 is 89.9 Å².